The van der Waals surface area contributed by atoms with Gasteiger partial charge in [-0.15, -0.1) is 0 Å². The van der Waals surface area contributed by atoms with Gasteiger partial charge >= 0.3 is 33.0 Å². The van der Waals surface area contributed by atoms with Crippen LogP contribution in [0.1, 0.15) is 0 Å². The van der Waals surface area contributed by atoms with E-state index in [9.17, 15) is 30.0 Å². The van der Waals surface area contributed by atoms with Gasteiger partial charge in [-0.25, -0.2) is 0 Å². The fourth-order valence-corrected chi connectivity index (χ4v) is 5.55. The molecule has 1 aromatic heterocycles. The number of hydrogen-bond acceptors (Lipinski definition) is 2. The molecule has 0 aliphatic rings. The van der Waals surface area contributed by atoms with Gasteiger partial charge in [0.15, 0.2) is 14.7 Å². The summed E-state index contributed by atoms with van der Waals surface area (Å²) in [6.07, 6.45) is 0. The predicted octanol–water partition coefficient (Wildman–Crippen LogP) is 9.42. The molecule has 182 valence electrons. The first-order chi connectivity index (χ1) is 16.3. The van der Waals surface area contributed by atoms with E-state index in [1.807, 2.05) is 48.5 Å². The molecular formula is C25H17F6O2PS. The first kappa shape index (κ1) is 24.8. The average molecular weight is 526 g/mol. The molecule has 35 heavy (non-hydrogen) atoms. The van der Waals surface area contributed by atoms with Crippen LogP contribution in [0.2, 0.25) is 0 Å². The first-order valence-corrected chi connectivity index (χ1v) is 13.4. The van der Waals surface area contributed by atoms with Crippen molar-refractivity contribution in [3.63, 3.8) is 0 Å². The summed E-state index contributed by atoms with van der Waals surface area (Å²) in [5, 5.41) is 1.24. The van der Waals surface area contributed by atoms with Crippen molar-refractivity contribution in [2.24, 2.45) is 0 Å². The van der Waals surface area contributed by atoms with E-state index >= 15 is 0 Å². The maximum absolute atomic E-state index is 13.1. The van der Waals surface area contributed by atoms with Gasteiger partial charge in [-0.05, 0) is 48.5 Å². The Balaban J connectivity index is 0.000000364. The van der Waals surface area contributed by atoms with E-state index in [4.69, 9.17) is 4.42 Å². The Labute approximate surface area is 198 Å². The molecule has 0 radical (unpaired) electrons. The Morgan fingerprint density at radius 3 is 1.54 bits per heavy atom. The van der Waals surface area contributed by atoms with Gasteiger partial charge in [0.25, 0.3) is 0 Å². The Morgan fingerprint density at radius 1 is 0.543 bits per heavy atom. The van der Waals surface area contributed by atoms with Crippen molar-refractivity contribution in [3.05, 3.63) is 113 Å². The van der Waals surface area contributed by atoms with Crippen molar-refractivity contribution in [3.8, 4) is 0 Å². The van der Waals surface area contributed by atoms with Crippen LogP contribution >= 0.6 is 7.81 Å². The maximum atomic E-state index is 13.1. The van der Waals surface area contributed by atoms with Gasteiger partial charge in [-0.3, -0.25) is 4.79 Å². The SMILES string of the molecule is F[P-](F)(F)(F)(F)F.O=c1c2ccccc2oc2ccc([S+](c3ccccc3)c3ccccc3)cc12. The molecule has 0 bridgehead atoms. The van der Waals surface area contributed by atoms with E-state index in [-0.39, 0.29) is 16.3 Å². The Morgan fingerprint density at radius 2 is 1.00 bits per heavy atom. The predicted molar refractivity (Wildman–Crippen MR) is 129 cm³/mol. The van der Waals surface area contributed by atoms with Crippen LogP contribution in [0.25, 0.3) is 21.9 Å². The van der Waals surface area contributed by atoms with E-state index in [0.29, 0.717) is 21.9 Å². The Bertz CT molecular complexity index is 1500. The first-order valence-electron chi connectivity index (χ1n) is 10.1. The Kier molecular flexibility index (Phi) is 5.98. The molecule has 5 rings (SSSR count). The number of rotatable bonds is 3. The van der Waals surface area contributed by atoms with Crippen molar-refractivity contribution in [1.82, 2.24) is 0 Å². The summed E-state index contributed by atoms with van der Waals surface area (Å²) in [5.74, 6) is 0. The summed E-state index contributed by atoms with van der Waals surface area (Å²) < 4.78 is 65.2. The second kappa shape index (κ2) is 8.43. The fraction of sp³-hybridized carbons (Fsp3) is 0. The third kappa shape index (κ3) is 6.87. The molecule has 0 N–H and O–H groups in total. The normalized spacial score (nSPS) is 13.7. The number of benzene rings is 4. The molecular weight excluding hydrogens is 509 g/mol. The van der Waals surface area contributed by atoms with Crippen molar-refractivity contribution >= 4 is 40.6 Å². The minimum absolute atomic E-state index is 0.0170. The number of halogens is 6. The zero-order valence-electron chi connectivity index (χ0n) is 17.8. The van der Waals surface area contributed by atoms with Crippen LogP contribution in [-0.4, -0.2) is 0 Å². The van der Waals surface area contributed by atoms with Crippen LogP contribution in [0.15, 0.2) is 127 Å². The van der Waals surface area contributed by atoms with Gasteiger partial charge in [0.2, 0.25) is 5.43 Å². The second-order valence-electron chi connectivity index (χ2n) is 7.48. The summed E-state index contributed by atoms with van der Waals surface area (Å²) in [4.78, 5) is 16.6. The summed E-state index contributed by atoms with van der Waals surface area (Å²) in [6, 6.07) is 34.2. The van der Waals surface area contributed by atoms with Gasteiger partial charge in [-0.1, -0.05) is 48.5 Å². The third-order valence-electron chi connectivity index (χ3n) is 4.74. The molecule has 0 aliphatic carbocycles. The van der Waals surface area contributed by atoms with Gasteiger partial charge < -0.3 is 4.42 Å². The molecule has 0 aliphatic heterocycles. The monoisotopic (exact) mass is 526 g/mol. The van der Waals surface area contributed by atoms with Crippen molar-refractivity contribution in [2.75, 3.05) is 0 Å². The number of para-hydroxylation sites is 1. The molecule has 5 aromatic rings. The molecule has 0 saturated heterocycles. The zero-order valence-corrected chi connectivity index (χ0v) is 19.5. The van der Waals surface area contributed by atoms with Gasteiger partial charge in [0.05, 0.1) is 21.7 Å². The standard InChI is InChI=1S/C25H17O2S.F6P/c26-25-21-13-7-8-14-23(21)27-24-16-15-20(17-22(24)25)28(18-9-3-1-4-10-18)19-11-5-2-6-12-19;1-7(2,3,4,5)6/h1-17H;/q+1;-1. The van der Waals surface area contributed by atoms with Crippen LogP contribution in [-0.2, 0) is 10.9 Å². The smallest absolute Gasteiger partial charge is 0.200 e. The molecule has 0 amide bonds. The fourth-order valence-electron chi connectivity index (χ4n) is 3.43. The van der Waals surface area contributed by atoms with Crippen LogP contribution < -0.4 is 5.43 Å². The average Bonchev–Trinajstić information content (AvgIpc) is 2.79. The molecule has 0 saturated carbocycles. The minimum atomic E-state index is -10.7. The largest absolute Gasteiger partial charge is 0.456 e. The van der Waals surface area contributed by atoms with Crippen molar-refractivity contribution < 1.29 is 29.6 Å². The molecule has 10 heteroatoms. The summed E-state index contributed by atoms with van der Waals surface area (Å²) in [5.41, 5.74) is 1.26. The van der Waals surface area contributed by atoms with E-state index in [1.165, 1.54) is 9.79 Å². The topological polar surface area (TPSA) is 30.2 Å². The zero-order chi connectivity index (χ0) is 25.3. The molecule has 0 spiro atoms. The summed E-state index contributed by atoms with van der Waals surface area (Å²) in [6.45, 7) is 0. The molecule has 2 nitrogen and oxygen atoms in total. The molecule has 0 fully saturated rings. The second-order valence-corrected chi connectivity index (χ2v) is 11.4. The van der Waals surface area contributed by atoms with E-state index in [2.05, 4.69) is 54.6 Å². The molecule has 0 atom stereocenters. The van der Waals surface area contributed by atoms with Crippen LogP contribution in [0.3, 0.4) is 0 Å². The van der Waals surface area contributed by atoms with E-state index < -0.39 is 7.81 Å². The third-order valence-corrected chi connectivity index (χ3v) is 6.95. The van der Waals surface area contributed by atoms with Crippen LogP contribution in [0.5, 0.6) is 0 Å². The van der Waals surface area contributed by atoms with Crippen molar-refractivity contribution in [2.45, 2.75) is 14.7 Å². The van der Waals surface area contributed by atoms with Gasteiger partial charge in [-0.2, -0.15) is 0 Å². The summed E-state index contributed by atoms with van der Waals surface area (Å²) in [7, 11) is -11.0. The van der Waals surface area contributed by atoms with Crippen LogP contribution in [0.4, 0.5) is 25.2 Å². The summed E-state index contributed by atoms with van der Waals surface area (Å²) >= 11 is 0. The van der Waals surface area contributed by atoms with E-state index in [0.717, 1.165) is 4.90 Å². The molecule has 1 heterocycles. The maximum Gasteiger partial charge on any atom is 0.200 e. The number of fused-ring (bicyclic) bond motifs is 2. The Hall–Kier alpha value is -3.29. The van der Waals surface area contributed by atoms with E-state index in [1.54, 1.807) is 0 Å². The number of hydrogen-bond donors (Lipinski definition) is 0. The van der Waals surface area contributed by atoms with Crippen molar-refractivity contribution in [1.29, 1.82) is 0 Å². The quantitative estimate of drug-likeness (QED) is 0.101. The molecule has 0 unspecified atom stereocenters. The minimum Gasteiger partial charge on any atom is -0.456 e. The van der Waals surface area contributed by atoms with Gasteiger partial charge in [0.1, 0.15) is 11.2 Å². The van der Waals surface area contributed by atoms with Gasteiger partial charge in [0, 0.05) is 6.07 Å². The van der Waals surface area contributed by atoms with Crippen LogP contribution in [0, 0.1) is 0 Å². The molecule has 4 aromatic carbocycles.